The molecular weight excluding hydrogens is 314 g/mol. The SMILES string of the molecule is Cn1ccnc1[C@@H](O)c1cc2n(n1)CCN(CCc1ccccc1)C2. The summed E-state index contributed by atoms with van der Waals surface area (Å²) in [7, 11) is 1.88. The van der Waals surface area contributed by atoms with Gasteiger partial charge < -0.3 is 9.67 Å². The lowest BCUT2D eigenvalue weighted by Crippen LogP contribution is -2.35. The van der Waals surface area contributed by atoms with E-state index in [1.165, 1.54) is 5.56 Å². The molecule has 1 N–H and O–H groups in total. The molecule has 4 rings (SSSR count). The van der Waals surface area contributed by atoms with E-state index >= 15 is 0 Å². The molecule has 0 radical (unpaired) electrons. The Labute approximate surface area is 147 Å². The predicted molar refractivity (Wildman–Crippen MR) is 94.9 cm³/mol. The number of hydrogen-bond donors (Lipinski definition) is 1. The maximum atomic E-state index is 10.6. The van der Waals surface area contributed by atoms with E-state index in [9.17, 15) is 5.11 Å². The highest BCUT2D eigenvalue weighted by Crippen LogP contribution is 2.22. The van der Waals surface area contributed by atoms with E-state index in [4.69, 9.17) is 0 Å². The summed E-state index contributed by atoms with van der Waals surface area (Å²) in [4.78, 5) is 6.67. The van der Waals surface area contributed by atoms with Crippen LogP contribution < -0.4 is 0 Å². The first-order valence-electron chi connectivity index (χ1n) is 8.69. The van der Waals surface area contributed by atoms with Gasteiger partial charge in [0.15, 0.2) is 6.10 Å². The highest BCUT2D eigenvalue weighted by Gasteiger charge is 2.23. The molecule has 2 aromatic heterocycles. The van der Waals surface area contributed by atoms with E-state index in [-0.39, 0.29) is 0 Å². The van der Waals surface area contributed by atoms with Gasteiger partial charge in [-0.05, 0) is 18.1 Å². The van der Waals surface area contributed by atoms with Gasteiger partial charge in [-0.15, -0.1) is 0 Å². The van der Waals surface area contributed by atoms with Crippen molar-refractivity contribution in [3.63, 3.8) is 0 Å². The summed E-state index contributed by atoms with van der Waals surface area (Å²) in [5, 5.41) is 15.1. The molecule has 25 heavy (non-hydrogen) atoms. The Morgan fingerprint density at radius 1 is 1.20 bits per heavy atom. The molecule has 130 valence electrons. The lowest BCUT2D eigenvalue weighted by molar-refractivity contribution is 0.197. The van der Waals surface area contributed by atoms with Gasteiger partial charge in [-0.1, -0.05) is 30.3 Å². The third-order valence-corrected chi connectivity index (χ3v) is 4.84. The van der Waals surface area contributed by atoms with Crippen LogP contribution in [0.2, 0.25) is 0 Å². The zero-order valence-corrected chi connectivity index (χ0v) is 14.4. The van der Waals surface area contributed by atoms with Crippen molar-refractivity contribution in [3.05, 3.63) is 71.6 Å². The van der Waals surface area contributed by atoms with Crippen molar-refractivity contribution >= 4 is 0 Å². The minimum Gasteiger partial charge on any atom is -0.379 e. The first kappa shape index (κ1) is 16.1. The van der Waals surface area contributed by atoms with Gasteiger partial charge in [-0.3, -0.25) is 9.58 Å². The maximum absolute atomic E-state index is 10.6. The van der Waals surface area contributed by atoms with Crippen LogP contribution in [0.25, 0.3) is 0 Å². The Hall–Kier alpha value is -2.44. The molecule has 0 amide bonds. The van der Waals surface area contributed by atoms with E-state index in [1.807, 2.05) is 28.6 Å². The fraction of sp³-hybridized carbons (Fsp3) is 0.368. The van der Waals surface area contributed by atoms with Crippen molar-refractivity contribution in [1.82, 2.24) is 24.2 Å². The average molecular weight is 337 g/mol. The quantitative estimate of drug-likeness (QED) is 0.771. The molecule has 1 aliphatic rings. The van der Waals surface area contributed by atoms with Crippen molar-refractivity contribution < 1.29 is 5.11 Å². The summed E-state index contributed by atoms with van der Waals surface area (Å²) < 4.78 is 3.84. The fourth-order valence-corrected chi connectivity index (χ4v) is 3.37. The van der Waals surface area contributed by atoms with Gasteiger partial charge >= 0.3 is 0 Å². The average Bonchev–Trinajstić information content (AvgIpc) is 3.26. The molecule has 1 aromatic carbocycles. The van der Waals surface area contributed by atoms with Gasteiger partial charge in [0.05, 0.1) is 17.9 Å². The molecule has 0 aliphatic carbocycles. The minimum absolute atomic E-state index is 0.622. The van der Waals surface area contributed by atoms with Gasteiger partial charge in [-0.2, -0.15) is 5.10 Å². The molecule has 1 aliphatic heterocycles. The van der Waals surface area contributed by atoms with E-state index in [0.717, 1.165) is 38.3 Å². The number of aromatic nitrogens is 4. The van der Waals surface area contributed by atoms with Crippen LogP contribution in [0.4, 0.5) is 0 Å². The molecule has 0 spiro atoms. The van der Waals surface area contributed by atoms with Gasteiger partial charge in [0.25, 0.3) is 0 Å². The molecule has 0 saturated heterocycles. The lowest BCUT2D eigenvalue weighted by atomic mass is 10.1. The second-order valence-electron chi connectivity index (χ2n) is 6.59. The van der Waals surface area contributed by atoms with Crippen LogP contribution in [0.5, 0.6) is 0 Å². The zero-order chi connectivity index (χ0) is 17.2. The van der Waals surface area contributed by atoms with Crippen LogP contribution in [0.3, 0.4) is 0 Å². The Morgan fingerprint density at radius 3 is 2.80 bits per heavy atom. The summed E-state index contributed by atoms with van der Waals surface area (Å²) in [5.41, 5.74) is 3.20. The second-order valence-corrected chi connectivity index (χ2v) is 6.59. The maximum Gasteiger partial charge on any atom is 0.155 e. The van der Waals surface area contributed by atoms with Gasteiger partial charge in [0, 0.05) is 39.1 Å². The first-order valence-corrected chi connectivity index (χ1v) is 8.69. The molecular formula is C19H23N5O. The van der Waals surface area contributed by atoms with E-state index in [1.54, 1.807) is 6.20 Å². The fourth-order valence-electron chi connectivity index (χ4n) is 3.37. The zero-order valence-electron chi connectivity index (χ0n) is 14.4. The molecule has 6 heteroatoms. The van der Waals surface area contributed by atoms with Gasteiger partial charge in [0.2, 0.25) is 0 Å². The Bertz CT molecular complexity index is 839. The molecule has 3 aromatic rings. The molecule has 0 fully saturated rings. The number of imidazole rings is 1. The molecule has 0 bridgehead atoms. The number of rotatable bonds is 5. The molecule has 1 atom stereocenters. The summed E-state index contributed by atoms with van der Waals surface area (Å²) in [5.74, 6) is 0.622. The van der Waals surface area contributed by atoms with Crippen molar-refractivity contribution in [2.75, 3.05) is 13.1 Å². The molecule has 6 nitrogen and oxygen atoms in total. The van der Waals surface area contributed by atoms with Crippen LogP contribution >= 0.6 is 0 Å². The van der Waals surface area contributed by atoms with Crippen molar-refractivity contribution in [2.45, 2.75) is 25.6 Å². The van der Waals surface area contributed by atoms with E-state index in [0.29, 0.717) is 11.5 Å². The Balaban J connectivity index is 1.43. The number of nitrogens with zero attached hydrogens (tertiary/aromatic N) is 5. The summed E-state index contributed by atoms with van der Waals surface area (Å²) in [6, 6.07) is 12.6. The number of hydrogen-bond acceptors (Lipinski definition) is 4. The third kappa shape index (κ3) is 3.36. The van der Waals surface area contributed by atoms with Crippen molar-refractivity contribution in [3.8, 4) is 0 Å². The lowest BCUT2D eigenvalue weighted by Gasteiger charge is -2.27. The minimum atomic E-state index is -0.782. The Kier molecular flexibility index (Phi) is 4.38. The smallest absolute Gasteiger partial charge is 0.155 e. The highest BCUT2D eigenvalue weighted by molar-refractivity contribution is 5.20. The van der Waals surface area contributed by atoms with Crippen LogP contribution in [0.1, 0.15) is 28.9 Å². The van der Waals surface area contributed by atoms with Crippen LogP contribution in [-0.2, 0) is 26.6 Å². The molecule has 3 heterocycles. The van der Waals surface area contributed by atoms with Gasteiger partial charge in [-0.25, -0.2) is 4.98 Å². The van der Waals surface area contributed by atoms with Gasteiger partial charge in [0.1, 0.15) is 5.82 Å². The first-order chi connectivity index (χ1) is 12.2. The predicted octanol–water partition coefficient (Wildman–Crippen LogP) is 1.76. The third-order valence-electron chi connectivity index (χ3n) is 4.84. The number of fused-ring (bicyclic) bond motifs is 1. The number of benzene rings is 1. The molecule has 0 saturated carbocycles. The number of aryl methyl sites for hydroxylation is 1. The monoisotopic (exact) mass is 337 g/mol. The van der Waals surface area contributed by atoms with E-state index < -0.39 is 6.10 Å². The second kappa shape index (κ2) is 6.82. The largest absolute Gasteiger partial charge is 0.379 e. The number of aliphatic hydroxyl groups excluding tert-OH is 1. The normalized spacial score (nSPS) is 15.9. The van der Waals surface area contributed by atoms with E-state index in [2.05, 4.69) is 45.3 Å². The van der Waals surface area contributed by atoms with Crippen LogP contribution in [0.15, 0.2) is 48.8 Å². The van der Waals surface area contributed by atoms with Crippen molar-refractivity contribution in [2.24, 2.45) is 7.05 Å². The molecule has 0 unspecified atom stereocenters. The summed E-state index contributed by atoms with van der Waals surface area (Å²) in [6.45, 7) is 3.75. The number of aliphatic hydroxyl groups is 1. The highest BCUT2D eigenvalue weighted by atomic mass is 16.3. The van der Waals surface area contributed by atoms with Crippen molar-refractivity contribution in [1.29, 1.82) is 0 Å². The van der Waals surface area contributed by atoms with Crippen LogP contribution in [0, 0.1) is 0 Å². The summed E-state index contributed by atoms with van der Waals surface area (Å²) in [6.07, 6.45) is 3.80. The standard InChI is InChI=1S/C19H23N5O/c1-22-10-8-20-19(22)18(25)17-13-16-14-23(11-12-24(16)21-17)9-7-15-5-3-2-4-6-15/h2-6,8,10,13,18,25H,7,9,11-12,14H2,1H3/t18-/m0/s1. The Morgan fingerprint density at radius 2 is 2.04 bits per heavy atom. The topological polar surface area (TPSA) is 59.1 Å². The summed E-state index contributed by atoms with van der Waals surface area (Å²) >= 11 is 0. The van der Waals surface area contributed by atoms with Crippen LogP contribution in [-0.4, -0.2) is 42.4 Å².